The number of halogens is 1. The third-order valence-corrected chi connectivity index (χ3v) is 3.98. The highest BCUT2D eigenvalue weighted by molar-refractivity contribution is 6.39. The third-order valence-electron chi connectivity index (χ3n) is 3.98. The second-order valence-electron chi connectivity index (χ2n) is 6.37. The minimum Gasteiger partial charge on any atom is -0.484 e. The summed E-state index contributed by atoms with van der Waals surface area (Å²) in [6.07, 6.45) is 2.86. The highest BCUT2D eigenvalue weighted by Gasteiger charge is 2.12. The first kappa shape index (κ1) is 22.2. The molecule has 164 valence electrons. The second kappa shape index (κ2) is 11.1. The lowest BCUT2D eigenvalue weighted by Crippen LogP contribution is -2.32. The summed E-state index contributed by atoms with van der Waals surface area (Å²) in [6.45, 7) is 0.117. The van der Waals surface area contributed by atoms with Crippen LogP contribution in [0.3, 0.4) is 0 Å². The molecule has 0 fully saturated rings. The van der Waals surface area contributed by atoms with Crippen molar-refractivity contribution in [2.45, 2.75) is 6.54 Å². The number of anilines is 1. The van der Waals surface area contributed by atoms with E-state index < -0.39 is 17.6 Å². The Morgan fingerprint density at radius 2 is 1.75 bits per heavy atom. The topological polar surface area (TPSA) is 122 Å². The first-order chi connectivity index (χ1) is 15.5. The smallest absolute Gasteiger partial charge is 0.329 e. The number of hydrogen-bond acceptors (Lipinski definition) is 6. The molecule has 0 unspecified atom stereocenters. The molecule has 0 radical (unpaired) electrons. The zero-order chi connectivity index (χ0) is 22.8. The van der Waals surface area contributed by atoms with Gasteiger partial charge in [-0.2, -0.15) is 5.10 Å². The largest absolute Gasteiger partial charge is 0.484 e. The van der Waals surface area contributed by atoms with Gasteiger partial charge in [-0.15, -0.1) is 0 Å². The predicted molar refractivity (Wildman–Crippen MR) is 113 cm³/mol. The highest BCUT2D eigenvalue weighted by atomic mass is 19.1. The number of furan rings is 1. The molecular weight excluding hydrogens is 419 g/mol. The molecule has 0 saturated heterocycles. The SMILES string of the molecule is O=C(COc1ccc(/C=N\NC(=O)C(=O)Nc2ccc(F)cc2)cc1)NCc1ccco1. The highest BCUT2D eigenvalue weighted by Crippen LogP contribution is 2.11. The summed E-state index contributed by atoms with van der Waals surface area (Å²) in [7, 11) is 0. The van der Waals surface area contributed by atoms with Gasteiger partial charge in [-0.25, -0.2) is 9.82 Å². The fourth-order valence-electron chi connectivity index (χ4n) is 2.39. The number of hydrazone groups is 1. The van der Waals surface area contributed by atoms with Gasteiger partial charge < -0.3 is 19.8 Å². The molecule has 0 aliphatic carbocycles. The van der Waals surface area contributed by atoms with Crippen LogP contribution >= 0.6 is 0 Å². The molecular formula is C22H19FN4O5. The molecule has 3 aromatic rings. The van der Waals surface area contributed by atoms with Crippen LogP contribution < -0.4 is 20.8 Å². The van der Waals surface area contributed by atoms with E-state index in [2.05, 4.69) is 21.2 Å². The average molecular weight is 438 g/mol. The maximum Gasteiger partial charge on any atom is 0.329 e. The molecule has 32 heavy (non-hydrogen) atoms. The maximum absolute atomic E-state index is 12.9. The molecule has 1 heterocycles. The van der Waals surface area contributed by atoms with Crippen molar-refractivity contribution in [2.24, 2.45) is 5.10 Å². The van der Waals surface area contributed by atoms with E-state index in [9.17, 15) is 18.8 Å². The van der Waals surface area contributed by atoms with E-state index >= 15 is 0 Å². The lowest BCUT2D eigenvalue weighted by atomic mass is 10.2. The van der Waals surface area contributed by atoms with Crippen LogP contribution in [0.5, 0.6) is 5.75 Å². The van der Waals surface area contributed by atoms with Crippen LogP contribution in [-0.2, 0) is 20.9 Å². The van der Waals surface area contributed by atoms with Crippen molar-refractivity contribution in [3.05, 3.63) is 84.1 Å². The van der Waals surface area contributed by atoms with Crippen molar-refractivity contribution < 1.29 is 27.9 Å². The molecule has 0 aliphatic rings. The molecule has 0 saturated carbocycles. The van der Waals surface area contributed by atoms with E-state index in [-0.39, 0.29) is 24.7 Å². The van der Waals surface area contributed by atoms with Crippen molar-refractivity contribution in [3.8, 4) is 5.75 Å². The summed E-state index contributed by atoms with van der Waals surface area (Å²) in [5.74, 6) is -1.57. The van der Waals surface area contributed by atoms with Gasteiger partial charge in [-0.05, 0) is 66.2 Å². The molecule has 9 nitrogen and oxygen atoms in total. The number of nitrogens with one attached hydrogen (secondary N) is 3. The first-order valence-electron chi connectivity index (χ1n) is 9.41. The summed E-state index contributed by atoms with van der Waals surface area (Å²) in [5, 5.41) is 8.69. The van der Waals surface area contributed by atoms with Gasteiger partial charge in [0.2, 0.25) is 0 Å². The molecule has 0 spiro atoms. The Morgan fingerprint density at radius 3 is 2.44 bits per heavy atom. The van der Waals surface area contributed by atoms with E-state index in [1.165, 1.54) is 24.6 Å². The first-order valence-corrected chi connectivity index (χ1v) is 9.41. The number of hydrogen-bond donors (Lipinski definition) is 3. The average Bonchev–Trinajstić information content (AvgIpc) is 3.32. The van der Waals surface area contributed by atoms with Gasteiger partial charge in [0.1, 0.15) is 17.3 Å². The lowest BCUT2D eigenvalue weighted by Gasteiger charge is -2.07. The van der Waals surface area contributed by atoms with Crippen LogP contribution in [0, 0.1) is 5.82 Å². The van der Waals surface area contributed by atoms with Crippen molar-refractivity contribution in [3.63, 3.8) is 0 Å². The summed E-state index contributed by atoms with van der Waals surface area (Å²) >= 11 is 0. The lowest BCUT2D eigenvalue weighted by molar-refractivity contribution is -0.136. The molecule has 2 aromatic carbocycles. The monoisotopic (exact) mass is 438 g/mol. The van der Waals surface area contributed by atoms with Crippen LogP contribution in [0.15, 0.2) is 76.4 Å². The summed E-state index contributed by atoms with van der Waals surface area (Å²) in [6, 6.07) is 15.0. The fourth-order valence-corrected chi connectivity index (χ4v) is 2.39. The quantitative estimate of drug-likeness (QED) is 0.283. The van der Waals surface area contributed by atoms with Crippen LogP contribution in [0.2, 0.25) is 0 Å². The normalized spacial score (nSPS) is 10.5. The van der Waals surface area contributed by atoms with Crippen LogP contribution in [-0.4, -0.2) is 30.5 Å². The zero-order valence-corrected chi connectivity index (χ0v) is 16.7. The predicted octanol–water partition coefficient (Wildman–Crippen LogP) is 2.20. The van der Waals surface area contributed by atoms with Gasteiger partial charge in [0.25, 0.3) is 5.91 Å². The molecule has 3 amide bonds. The Bertz CT molecular complexity index is 1080. The summed E-state index contributed by atoms with van der Waals surface area (Å²) in [5.41, 5.74) is 3.00. The Labute approximate surface area is 182 Å². The standard InChI is InChI=1S/C22H19FN4O5/c23-16-5-7-17(8-6-16)26-21(29)22(30)27-25-12-15-3-9-18(10-4-15)32-14-20(28)24-13-19-2-1-11-31-19/h1-12H,13-14H2,(H,24,28)(H,26,29)(H,27,30)/b25-12-. The fraction of sp³-hybridized carbons (Fsp3) is 0.0909. The van der Waals surface area contributed by atoms with Crippen LogP contribution in [0.1, 0.15) is 11.3 Å². The van der Waals surface area contributed by atoms with E-state index in [0.717, 1.165) is 12.1 Å². The van der Waals surface area contributed by atoms with E-state index in [0.29, 0.717) is 17.1 Å². The van der Waals surface area contributed by atoms with Gasteiger partial charge in [-0.3, -0.25) is 14.4 Å². The molecule has 0 bridgehead atoms. The number of rotatable bonds is 8. The maximum atomic E-state index is 12.9. The minimum absolute atomic E-state index is 0.159. The van der Waals surface area contributed by atoms with Crippen molar-refractivity contribution in [1.29, 1.82) is 0 Å². The number of nitrogens with zero attached hydrogens (tertiary/aromatic N) is 1. The number of benzene rings is 2. The van der Waals surface area contributed by atoms with E-state index in [1.54, 1.807) is 36.4 Å². The number of amides is 3. The van der Waals surface area contributed by atoms with Gasteiger partial charge >= 0.3 is 11.8 Å². The van der Waals surface area contributed by atoms with Crippen LogP contribution in [0.25, 0.3) is 0 Å². The Balaban J connectivity index is 1.39. The Kier molecular flexibility index (Phi) is 7.68. The van der Waals surface area contributed by atoms with Gasteiger partial charge in [-0.1, -0.05) is 0 Å². The van der Waals surface area contributed by atoms with Gasteiger partial charge in [0.05, 0.1) is 19.0 Å². The number of ether oxygens (including phenoxy) is 1. The van der Waals surface area contributed by atoms with Gasteiger partial charge in [0.15, 0.2) is 6.61 Å². The van der Waals surface area contributed by atoms with E-state index in [1.807, 2.05) is 0 Å². The van der Waals surface area contributed by atoms with Crippen molar-refractivity contribution in [2.75, 3.05) is 11.9 Å². The number of carbonyl (C=O) groups excluding carboxylic acids is 3. The second-order valence-corrected chi connectivity index (χ2v) is 6.37. The van der Waals surface area contributed by atoms with E-state index in [4.69, 9.17) is 9.15 Å². The third kappa shape index (κ3) is 7.10. The zero-order valence-electron chi connectivity index (χ0n) is 16.7. The summed E-state index contributed by atoms with van der Waals surface area (Å²) in [4.78, 5) is 35.3. The summed E-state index contributed by atoms with van der Waals surface area (Å²) < 4.78 is 23.4. The molecule has 0 aliphatic heterocycles. The van der Waals surface area contributed by atoms with Gasteiger partial charge in [0, 0.05) is 5.69 Å². The minimum atomic E-state index is -0.980. The van der Waals surface area contributed by atoms with Crippen LogP contribution in [0.4, 0.5) is 10.1 Å². The molecule has 3 rings (SSSR count). The molecule has 1 aromatic heterocycles. The van der Waals surface area contributed by atoms with Crippen molar-refractivity contribution in [1.82, 2.24) is 10.7 Å². The number of carbonyl (C=O) groups is 3. The molecule has 10 heteroatoms. The van der Waals surface area contributed by atoms with Crippen molar-refractivity contribution >= 4 is 29.6 Å². The molecule has 0 atom stereocenters. The Morgan fingerprint density at radius 1 is 1.00 bits per heavy atom. The Hall–Kier alpha value is -4.47. The molecule has 3 N–H and O–H groups in total.